The number of hydrogen-bond acceptors (Lipinski definition) is 7. The monoisotopic (exact) mass is 525 g/mol. The second-order valence-electron chi connectivity index (χ2n) is 7.64. The molecule has 2 heterocycles. The number of amides is 1. The predicted molar refractivity (Wildman–Crippen MR) is 141 cm³/mol. The van der Waals surface area contributed by atoms with Gasteiger partial charge in [-0.15, -0.1) is 28.1 Å². The summed E-state index contributed by atoms with van der Waals surface area (Å²) in [4.78, 5) is 17.9. The number of nitrogens with one attached hydrogen (secondary N) is 1. The van der Waals surface area contributed by atoms with Crippen LogP contribution in [0.5, 0.6) is 5.75 Å². The Labute approximate surface area is 217 Å². The van der Waals surface area contributed by atoms with E-state index in [2.05, 4.69) is 27.1 Å². The van der Waals surface area contributed by atoms with E-state index < -0.39 is 0 Å². The molecule has 0 bridgehead atoms. The average Bonchev–Trinajstić information content (AvgIpc) is 3.45. The second-order valence-corrected chi connectivity index (χ2v) is 10.1. The lowest BCUT2D eigenvalue weighted by atomic mass is 10.1. The van der Waals surface area contributed by atoms with Crippen LogP contribution in [0.25, 0.3) is 0 Å². The first-order valence-corrected chi connectivity index (χ1v) is 13.0. The lowest BCUT2D eigenvalue weighted by Crippen LogP contribution is -2.14. The Morgan fingerprint density at radius 1 is 1.23 bits per heavy atom. The molecule has 0 atom stereocenters. The Morgan fingerprint density at radius 2 is 2.03 bits per heavy atom. The molecular formula is C25H24ClN5O2S2. The number of carbonyl (C=O) groups is 1. The summed E-state index contributed by atoms with van der Waals surface area (Å²) in [6.07, 6.45) is 4.19. The van der Waals surface area contributed by atoms with Crippen molar-refractivity contribution in [3.8, 4) is 5.75 Å². The van der Waals surface area contributed by atoms with Crippen LogP contribution in [0.4, 0.5) is 5.13 Å². The van der Waals surface area contributed by atoms with Crippen molar-refractivity contribution < 1.29 is 9.53 Å². The van der Waals surface area contributed by atoms with Gasteiger partial charge in [0.1, 0.15) is 12.4 Å². The highest BCUT2D eigenvalue weighted by atomic mass is 35.5. The molecular weight excluding hydrogens is 502 g/mol. The molecule has 0 aliphatic carbocycles. The van der Waals surface area contributed by atoms with Gasteiger partial charge in [0.15, 0.2) is 16.1 Å². The first kappa shape index (κ1) is 25.0. The number of thiazole rings is 1. The number of hydrogen-bond donors (Lipinski definition) is 1. The summed E-state index contributed by atoms with van der Waals surface area (Å²) in [6.45, 7) is 6.62. The molecule has 0 fully saturated rings. The number of rotatable bonds is 11. The fraction of sp³-hybridized carbons (Fsp3) is 0.200. The Hall–Kier alpha value is -3.14. The van der Waals surface area contributed by atoms with Gasteiger partial charge in [-0.05, 0) is 30.7 Å². The second kappa shape index (κ2) is 12.0. The Bertz CT molecular complexity index is 1300. The zero-order chi connectivity index (χ0) is 24.6. The van der Waals surface area contributed by atoms with Crippen molar-refractivity contribution in [2.24, 2.45) is 0 Å². The van der Waals surface area contributed by atoms with Gasteiger partial charge in [0.2, 0.25) is 5.91 Å². The summed E-state index contributed by atoms with van der Waals surface area (Å²) in [5.41, 5.74) is 2.19. The van der Waals surface area contributed by atoms with E-state index >= 15 is 0 Å². The van der Waals surface area contributed by atoms with Crippen LogP contribution in [0.2, 0.25) is 5.02 Å². The van der Waals surface area contributed by atoms with E-state index in [9.17, 15) is 4.79 Å². The third-order valence-electron chi connectivity index (χ3n) is 4.95. The van der Waals surface area contributed by atoms with Gasteiger partial charge in [0.05, 0.1) is 5.75 Å². The molecule has 10 heteroatoms. The number of carbonyl (C=O) groups excluding carboxylic acids is 1. The van der Waals surface area contributed by atoms with Gasteiger partial charge in [-0.3, -0.25) is 9.36 Å². The van der Waals surface area contributed by atoms with E-state index in [-0.39, 0.29) is 18.3 Å². The zero-order valence-electron chi connectivity index (χ0n) is 19.1. The minimum absolute atomic E-state index is 0.167. The van der Waals surface area contributed by atoms with E-state index in [0.29, 0.717) is 29.1 Å². The normalized spacial score (nSPS) is 10.8. The summed E-state index contributed by atoms with van der Waals surface area (Å²) in [5, 5.41) is 13.2. The van der Waals surface area contributed by atoms with Crippen molar-refractivity contribution in [2.75, 3.05) is 11.1 Å². The topological polar surface area (TPSA) is 81.9 Å². The number of benzene rings is 2. The maximum absolute atomic E-state index is 12.5. The molecule has 4 aromatic rings. The lowest BCUT2D eigenvalue weighted by Gasteiger charge is -2.09. The first-order valence-electron chi connectivity index (χ1n) is 10.8. The molecule has 0 spiro atoms. The minimum Gasteiger partial charge on any atom is -0.486 e. The fourth-order valence-corrected chi connectivity index (χ4v) is 5.01. The molecule has 0 aliphatic heterocycles. The summed E-state index contributed by atoms with van der Waals surface area (Å²) < 4.78 is 7.74. The highest BCUT2D eigenvalue weighted by Crippen LogP contribution is 2.25. The van der Waals surface area contributed by atoms with Crippen LogP contribution in [0.1, 0.15) is 21.8 Å². The average molecular weight is 526 g/mol. The molecule has 1 amide bonds. The summed E-state index contributed by atoms with van der Waals surface area (Å²) in [5.74, 6) is 1.43. The van der Waals surface area contributed by atoms with Gasteiger partial charge >= 0.3 is 0 Å². The summed E-state index contributed by atoms with van der Waals surface area (Å²) >= 11 is 8.98. The van der Waals surface area contributed by atoms with E-state index in [1.807, 2.05) is 60.0 Å². The third kappa shape index (κ3) is 6.94. The number of anilines is 1. The molecule has 2 aromatic carbocycles. The number of ether oxygens (including phenoxy) is 1. The van der Waals surface area contributed by atoms with Crippen LogP contribution in [-0.4, -0.2) is 31.4 Å². The van der Waals surface area contributed by atoms with E-state index in [4.69, 9.17) is 16.3 Å². The maximum Gasteiger partial charge on any atom is 0.236 e. The highest BCUT2D eigenvalue weighted by Gasteiger charge is 2.15. The predicted octanol–water partition coefficient (Wildman–Crippen LogP) is 5.78. The van der Waals surface area contributed by atoms with E-state index in [1.54, 1.807) is 12.3 Å². The fourth-order valence-electron chi connectivity index (χ4n) is 3.19. The van der Waals surface area contributed by atoms with Crippen LogP contribution >= 0.6 is 34.7 Å². The molecule has 0 unspecified atom stereocenters. The van der Waals surface area contributed by atoms with Crippen molar-refractivity contribution >= 4 is 45.7 Å². The standard InChI is InChI=1S/C25H24ClN5O2S2/c1-3-12-31-22(15-33-19-10-8-17(2)9-11-19)29-30-25(31)34-16-23(32)28-24-27-14-20(35-24)13-18-6-4-5-7-21(18)26/h3-11,14H,1,12-13,15-16H2,2H3,(H,27,28,32). The highest BCUT2D eigenvalue weighted by molar-refractivity contribution is 7.99. The van der Waals surface area contributed by atoms with Gasteiger partial charge < -0.3 is 10.1 Å². The summed E-state index contributed by atoms with van der Waals surface area (Å²) in [6, 6.07) is 15.5. The molecule has 4 rings (SSSR count). The van der Waals surface area contributed by atoms with Crippen molar-refractivity contribution in [3.63, 3.8) is 0 Å². The molecule has 180 valence electrons. The molecule has 35 heavy (non-hydrogen) atoms. The van der Waals surface area contributed by atoms with E-state index in [0.717, 1.165) is 21.2 Å². The van der Waals surface area contributed by atoms with Crippen LogP contribution in [-0.2, 0) is 24.4 Å². The number of aromatic nitrogens is 4. The smallest absolute Gasteiger partial charge is 0.236 e. The van der Waals surface area contributed by atoms with Crippen molar-refractivity contribution in [2.45, 2.75) is 31.7 Å². The molecule has 7 nitrogen and oxygen atoms in total. The molecule has 0 aliphatic rings. The summed E-state index contributed by atoms with van der Waals surface area (Å²) in [7, 11) is 0. The van der Waals surface area contributed by atoms with Crippen LogP contribution in [0, 0.1) is 6.92 Å². The SMILES string of the molecule is C=CCn1c(COc2ccc(C)cc2)nnc1SCC(=O)Nc1ncc(Cc2ccccc2Cl)s1. The molecule has 1 N–H and O–H groups in total. The van der Waals surface area contributed by atoms with Gasteiger partial charge in [-0.2, -0.15) is 0 Å². The zero-order valence-corrected chi connectivity index (χ0v) is 21.5. The number of nitrogens with zero attached hydrogens (tertiary/aromatic N) is 4. The Kier molecular flexibility index (Phi) is 8.57. The third-order valence-corrected chi connectivity index (χ3v) is 7.20. The van der Waals surface area contributed by atoms with Crippen molar-refractivity contribution in [3.05, 3.63) is 94.2 Å². The molecule has 0 saturated heterocycles. The maximum atomic E-state index is 12.5. The quantitative estimate of drug-likeness (QED) is 0.197. The van der Waals surface area contributed by atoms with Gasteiger partial charge in [0.25, 0.3) is 0 Å². The van der Waals surface area contributed by atoms with Crippen LogP contribution in [0.3, 0.4) is 0 Å². The molecule has 0 radical (unpaired) electrons. The minimum atomic E-state index is -0.167. The first-order chi connectivity index (χ1) is 17.0. The van der Waals surface area contributed by atoms with Crippen molar-refractivity contribution in [1.82, 2.24) is 19.7 Å². The lowest BCUT2D eigenvalue weighted by molar-refractivity contribution is -0.113. The van der Waals surface area contributed by atoms with Crippen molar-refractivity contribution in [1.29, 1.82) is 0 Å². The number of aryl methyl sites for hydroxylation is 1. The van der Waals surface area contributed by atoms with Gasteiger partial charge in [0, 0.05) is 29.1 Å². The van der Waals surface area contributed by atoms with Gasteiger partial charge in [-0.1, -0.05) is 65.3 Å². The van der Waals surface area contributed by atoms with Crippen LogP contribution in [0.15, 0.2) is 72.5 Å². The Morgan fingerprint density at radius 3 is 2.80 bits per heavy atom. The molecule has 2 aromatic heterocycles. The number of thioether (sulfide) groups is 1. The van der Waals surface area contributed by atoms with Gasteiger partial charge in [-0.25, -0.2) is 4.98 Å². The number of halogens is 1. The van der Waals surface area contributed by atoms with E-state index in [1.165, 1.54) is 28.7 Å². The van der Waals surface area contributed by atoms with Crippen LogP contribution < -0.4 is 10.1 Å². The number of allylic oxidation sites excluding steroid dienone is 1. The Balaban J connectivity index is 1.32. The largest absolute Gasteiger partial charge is 0.486 e. The molecule has 0 saturated carbocycles.